The smallest absolute Gasteiger partial charge is 0.480 e. The van der Waals surface area contributed by atoms with Crippen molar-refractivity contribution >= 4 is 11.9 Å². The van der Waals surface area contributed by atoms with Crippen LogP contribution in [0.5, 0.6) is 5.75 Å². The SMILES string of the molecule is CC(=O)N(CC(=O)O)C1CCCN(Cc2ccc(OC(F)(F)F)cc2)CC1. The molecule has 27 heavy (non-hydrogen) atoms. The summed E-state index contributed by atoms with van der Waals surface area (Å²) in [7, 11) is 0. The summed E-state index contributed by atoms with van der Waals surface area (Å²) in [5.74, 6) is -1.54. The maximum absolute atomic E-state index is 12.2. The molecule has 1 unspecified atom stereocenters. The molecule has 1 fully saturated rings. The largest absolute Gasteiger partial charge is 0.573 e. The molecule has 1 amide bonds. The summed E-state index contributed by atoms with van der Waals surface area (Å²) in [6.45, 7) is 3.08. The van der Waals surface area contributed by atoms with Crippen LogP contribution in [0.3, 0.4) is 0 Å². The Balaban J connectivity index is 1.92. The van der Waals surface area contributed by atoms with Crippen molar-refractivity contribution in [2.24, 2.45) is 0 Å². The quantitative estimate of drug-likeness (QED) is 0.812. The van der Waals surface area contributed by atoms with E-state index in [-0.39, 0.29) is 24.2 Å². The molecule has 0 aromatic heterocycles. The minimum atomic E-state index is -4.71. The molecule has 1 aliphatic rings. The molecule has 1 atom stereocenters. The lowest BCUT2D eigenvalue weighted by atomic mass is 10.1. The van der Waals surface area contributed by atoms with Crippen LogP contribution < -0.4 is 4.74 Å². The standard InChI is InChI=1S/C18H23F3N2O4/c1-13(24)23(12-17(25)26)15-3-2-9-22(10-8-15)11-14-4-6-16(7-5-14)27-18(19,20)21/h4-7,15H,2-3,8-12H2,1H3,(H,25,26). The highest BCUT2D eigenvalue weighted by molar-refractivity contribution is 5.79. The van der Waals surface area contributed by atoms with Gasteiger partial charge in [0.2, 0.25) is 5.91 Å². The molecule has 0 spiro atoms. The van der Waals surface area contributed by atoms with Crippen LogP contribution in [0.2, 0.25) is 0 Å². The first-order valence-corrected chi connectivity index (χ1v) is 8.70. The molecule has 0 radical (unpaired) electrons. The van der Waals surface area contributed by atoms with Crippen LogP contribution in [0.1, 0.15) is 31.7 Å². The van der Waals surface area contributed by atoms with Crippen molar-refractivity contribution in [3.63, 3.8) is 0 Å². The van der Waals surface area contributed by atoms with Crippen LogP contribution in [0.4, 0.5) is 13.2 Å². The van der Waals surface area contributed by atoms with Crippen molar-refractivity contribution in [1.29, 1.82) is 0 Å². The number of amides is 1. The number of nitrogens with zero attached hydrogens (tertiary/aromatic N) is 2. The molecule has 6 nitrogen and oxygen atoms in total. The summed E-state index contributed by atoms with van der Waals surface area (Å²) in [6, 6.07) is 5.64. The summed E-state index contributed by atoms with van der Waals surface area (Å²) < 4.78 is 40.5. The molecule has 0 saturated carbocycles. The molecule has 0 bridgehead atoms. The van der Waals surface area contributed by atoms with Crippen molar-refractivity contribution in [3.05, 3.63) is 29.8 Å². The second kappa shape index (κ2) is 9.07. The third-order valence-corrected chi connectivity index (χ3v) is 4.50. The molecule has 0 aliphatic carbocycles. The van der Waals surface area contributed by atoms with Crippen molar-refractivity contribution < 1.29 is 32.6 Å². The number of hydrogen-bond donors (Lipinski definition) is 1. The molecule has 150 valence electrons. The van der Waals surface area contributed by atoms with E-state index in [9.17, 15) is 22.8 Å². The molecule has 1 heterocycles. The fourth-order valence-corrected chi connectivity index (χ4v) is 3.31. The van der Waals surface area contributed by atoms with E-state index in [0.717, 1.165) is 24.9 Å². The van der Waals surface area contributed by atoms with Crippen LogP contribution in [-0.2, 0) is 16.1 Å². The Hall–Kier alpha value is -2.29. The molecule has 2 rings (SSSR count). The zero-order chi connectivity index (χ0) is 20.0. The van der Waals surface area contributed by atoms with Gasteiger partial charge in [0.1, 0.15) is 12.3 Å². The number of carboxylic acids is 1. The number of benzene rings is 1. The molecule has 1 aliphatic heterocycles. The zero-order valence-electron chi connectivity index (χ0n) is 15.0. The monoisotopic (exact) mass is 388 g/mol. The number of carboxylic acid groups (broad SMARTS) is 1. The van der Waals surface area contributed by atoms with E-state index >= 15 is 0 Å². The van der Waals surface area contributed by atoms with Gasteiger partial charge in [-0.1, -0.05) is 12.1 Å². The molecule has 1 aromatic carbocycles. The Morgan fingerprint density at radius 1 is 1.22 bits per heavy atom. The lowest BCUT2D eigenvalue weighted by Gasteiger charge is -2.29. The second-order valence-electron chi connectivity index (χ2n) is 6.59. The number of ether oxygens (including phenoxy) is 1. The first-order chi connectivity index (χ1) is 12.6. The fraction of sp³-hybridized carbons (Fsp3) is 0.556. The van der Waals surface area contributed by atoms with E-state index in [0.29, 0.717) is 19.5 Å². The molecule has 1 aromatic rings. The Morgan fingerprint density at radius 3 is 2.44 bits per heavy atom. The molecule has 9 heteroatoms. The highest BCUT2D eigenvalue weighted by Crippen LogP contribution is 2.24. The fourth-order valence-electron chi connectivity index (χ4n) is 3.31. The maximum atomic E-state index is 12.2. The van der Waals surface area contributed by atoms with E-state index in [2.05, 4.69) is 9.64 Å². The van der Waals surface area contributed by atoms with E-state index in [1.54, 1.807) is 12.1 Å². The third kappa shape index (κ3) is 7.09. The number of likely N-dealkylation sites (tertiary alicyclic amines) is 1. The Labute approximate surface area is 155 Å². The third-order valence-electron chi connectivity index (χ3n) is 4.50. The normalized spacial score (nSPS) is 18.6. The molecular formula is C18H23F3N2O4. The lowest BCUT2D eigenvalue weighted by molar-refractivity contribution is -0.274. The first-order valence-electron chi connectivity index (χ1n) is 8.70. The van der Waals surface area contributed by atoms with Gasteiger partial charge in [-0.25, -0.2) is 0 Å². The predicted molar refractivity (Wildman–Crippen MR) is 91.1 cm³/mol. The van der Waals surface area contributed by atoms with Gasteiger partial charge in [-0.2, -0.15) is 0 Å². The number of hydrogen-bond acceptors (Lipinski definition) is 4. The lowest BCUT2D eigenvalue weighted by Crippen LogP contribution is -2.42. The summed E-state index contributed by atoms with van der Waals surface area (Å²) >= 11 is 0. The minimum absolute atomic E-state index is 0.119. The van der Waals surface area contributed by atoms with Gasteiger partial charge in [0.15, 0.2) is 0 Å². The zero-order valence-corrected chi connectivity index (χ0v) is 15.0. The van der Waals surface area contributed by atoms with Crippen LogP contribution in [0.25, 0.3) is 0 Å². The van der Waals surface area contributed by atoms with Gasteiger partial charge in [-0.15, -0.1) is 13.2 Å². The highest BCUT2D eigenvalue weighted by Gasteiger charge is 2.31. The van der Waals surface area contributed by atoms with Gasteiger partial charge in [0.25, 0.3) is 0 Å². The van der Waals surface area contributed by atoms with Gasteiger partial charge in [-0.05, 0) is 43.5 Å². The number of carbonyl (C=O) groups excluding carboxylic acids is 1. The molecule has 1 N–H and O–H groups in total. The predicted octanol–water partition coefficient (Wildman–Crippen LogP) is 2.87. The number of aliphatic carboxylic acids is 1. The Kier molecular flexibility index (Phi) is 7.06. The van der Waals surface area contributed by atoms with E-state index in [1.165, 1.54) is 24.0 Å². The summed E-state index contributed by atoms with van der Waals surface area (Å²) in [4.78, 5) is 26.3. The average Bonchev–Trinajstić information content (AvgIpc) is 2.78. The Bertz CT molecular complexity index is 649. The van der Waals surface area contributed by atoms with E-state index in [1.807, 2.05) is 0 Å². The van der Waals surface area contributed by atoms with Crippen LogP contribution in [0, 0.1) is 0 Å². The van der Waals surface area contributed by atoms with Crippen molar-refractivity contribution in [3.8, 4) is 5.75 Å². The van der Waals surface area contributed by atoms with Crippen LogP contribution >= 0.6 is 0 Å². The van der Waals surface area contributed by atoms with Gasteiger partial charge in [-0.3, -0.25) is 14.5 Å². The van der Waals surface area contributed by atoms with Gasteiger partial charge < -0.3 is 14.7 Å². The number of rotatable bonds is 6. The van der Waals surface area contributed by atoms with Gasteiger partial charge in [0.05, 0.1) is 0 Å². The van der Waals surface area contributed by atoms with Crippen molar-refractivity contribution in [2.45, 2.75) is 45.1 Å². The van der Waals surface area contributed by atoms with Crippen molar-refractivity contribution in [1.82, 2.24) is 9.80 Å². The summed E-state index contributed by atoms with van der Waals surface area (Å²) in [6.07, 6.45) is -2.52. The van der Waals surface area contributed by atoms with Crippen molar-refractivity contribution in [2.75, 3.05) is 19.6 Å². The van der Waals surface area contributed by atoms with E-state index in [4.69, 9.17) is 5.11 Å². The number of halogens is 3. The summed E-state index contributed by atoms with van der Waals surface area (Å²) in [5.41, 5.74) is 0.858. The topological polar surface area (TPSA) is 70.1 Å². The molecular weight excluding hydrogens is 365 g/mol. The van der Waals surface area contributed by atoms with E-state index < -0.39 is 12.3 Å². The van der Waals surface area contributed by atoms with Crippen LogP contribution in [0.15, 0.2) is 24.3 Å². The minimum Gasteiger partial charge on any atom is -0.480 e. The second-order valence-corrected chi connectivity index (χ2v) is 6.59. The Morgan fingerprint density at radius 2 is 1.89 bits per heavy atom. The highest BCUT2D eigenvalue weighted by atomic mass is 19.4. The number of alkyl halides is 3. The van der Waals surface area contributed by atoms with Gasteiger partial charge in [0, 0.05) is 26.1 Å². The first kappa shape index (κ1) is 21.0. The molecule has 1 saturated heterocycles. The maximum Gasteiger partial charge on any atom is 0.573 e. The average molecular weight is 388 g/mol. The number of carbonyl (C=O) groups is 2. The summed E-state index contributed by atoms with van der Waals surface area (Å²) in [5, 5.41) is 8.99. The van der Waals surface area contributed by atoms with Gasteiger partial charge >= 0.3 is 12.3 Å². The van der Waals surface area contributed by atoms with Crippen LogP contribution in [-0.4, -0.2) is 58.8 Å².